The van der Waals surface area contributed by atoms with Gasteiger partial charge in [-0.05, 0) is 31.2 Å². The van der Waals surface area contributed by atoms with Crippen LogP contribution in [-0.2, 0) is 0 Å². The maximum Gasteiger partial charge on any atom is 0.127 e. The number of anilines is 1. The minimum absolute atomic E-state index is 0.467. The molecule has 1 atom stereocenters. The number of hydrogen-bond acceptors (Lipinski definition) is 2. The van der Waals surface area contributed by atoms with Crippen LogP contribution in [0.1, 0.15) is 38.4 Å². The van der Waals surface area contributed by atoms with E-state index in [1.54, 1.807) is 0 Å². The summed E-state index contributed by atoms with van der Waals surface area (Å²) in [6.45, 7) is 9.14. The van der Waals surface area contributed by atoms with Gasteiger partial charge in [0.25, 0.3) is 0 Å². The quantitative estimate of drug-likeness (QED) is 0.530. The Morgan fingerprint density at radius 2 is 1.70 bits per heavy atom. The van der Waals surface area contributed by atoms with Gasteiger partial charge in [-0.1, -0.05) is 61.7 Å². The fourth-order valence-electron chi connectivity index (χ4n) is 3.65. The number of benzene rings is 2. The van der Waals surface area contributed by atoms with Gasteiger partial charge in [-0.25, -0.2) is 4.39 Å². The predicted molar refractivity (Wildman–Crippen MR) is 115 cm³/mol. The van der Waals surface area contributed by atoms with E-state index < -0.39 is 6.17 Å². The SMILES string of the molecule is CCCC(F)c1cc(N2CCN(CC)CC2)cc(-c2ccccc2Cl)c1Cl. The van der Waals surface area contributed by atoms with Gasteiger partial charge in [0.1, 0.15) is 6.17 Å². The molecule has 0 aromatic heterocycles. The highest BCUT2D eigenvalue weighted by Gasteiger charge is 2.23. The molecule has 1 heterocycles. The van der Waals surface area contributed by atoms with E-state index in [0.717, 1.165) is 56.0 Å². The zero-order chi connectivity index (χ0) is 19.4. The lowest BCUT2D eigenvalue weighted by atomic mass is 9.97. The molecule has 2 aromatic rings. The standard InChI is InChI=1S/C22H27Cl2FN2/c1-3-7-21(25)19-15-16(27-12-10-26(4-2)11-13-27)14-18(22(19)24)17-8-5-6-9-20(17)23/h5-6,8-9,14-15,21H,3-4,7,10-13H2,1-2H3. The van der Waals surface area contributed by atoms with Crippen molar-refractivity contribution in [1.29, 1.82) is 0 Å². The van der Waals surface area contributed by atoms with Crippen LogP contribution in [0.25, 0.3) is 11.1 Å². The van der Waals surface area contributed by atoms with E-state index >= 15 is 0 Å². The maximum atomic E-state index is 14.9. The summed E-state index contributed by atoms with van der Waals surface area (Å²) in [5.41, 5.74) is 3.26. The summed E-state index contributed by atoms with van der Waals surface area (Å²) < 4.78 is 14.9. The van der Waals surface area contributed by atoms with Gasteiger partial charge in [-0.3, -0.25) is 0 Å². The van der Waals surface area contributed by atoms with Crippen molar-refractivity contribution in [3.63, 3.8) is 0 Å². The van der Waals surface area contributed by atoms with Crippen molar-refractivity contribution >= 4 is 28.9 Å². The molecule has 1 aliphatic heterocycles. The molecule has 1 fully saturated rings. The van der Waals surface area contributed by atoms with Gasteiger partial charge < -0.3 is 9.80 Å². The van der Waals surface area contributed by atoms with Crippen molar-refractivity contribution in [2.45, 2.75) is 32.9 Å². The van der Waals surface area contributed by atoms with Crippen molar-refractivity contribution in [3.05, 3.63) is 52.0 Å². The normalized spacial score (nSPS) is 16.6. The number of piperazine rings is 1. The van der Waals surface area contributed by atoms with E-state index in [1.807, 2.05) is 37.3 Å². The molecule has 2 aromatic carbocycles. The average molecular weight is 409 g/mol. The number of alkyl halides is 1. The molecule has 3 rings (SSSR count). The van der Waals surface area contributed by atoms with E-state index in [1.165, 1.54) is 0 Å². The van der Waals surface area contributed by atoms with Crippen LogP contribution in [0.2, 0.25) is 10.0 Å². The molecule has 0 aliphatic carbocycles. The Bertz CT molecular complexity index is 773. The molecular formula is C22H27Cl2FN2. The summed E-state index contributed by atoms with van der Waals surface area (Å²) in [4.78, 5) is 4.75. The maximum absolute atomic E-state index is 14.9. The Morgan fingerprint density at radius 1 is 1.00 bits per heavy atom. The highest BCUT2D eigenvalue weighted by atomic mass is 35.5. The van der Waals surface area contributed by atoms with E-state index in [4.69, 9.17) is 23.2 Å². The second-order valence-electron chi connectivity index (χ2n) is 7.05. The Hall–Kier alpha value is -1.29. The Labute approximate surface area is 171 Å². The lowest BCUT2D eigenvalue weighted by Gasteiger charge is -2.36. The van der Waals surface area contributed by atoms with E-state index in [-0.39, 0.29) is 0 Å². The third-order valence-corrected chi connectivity index (χ3v) is 6.07. The minimum Gasteiger partial charge on any atom is -0.369 e. The van der Waals surface area contributed by atoms with Crippen LogP contribution in [0.3, 0.4) is 0 Å². The van der Waals surface area contributed by atoms with E-state index in [2.05, 4.69) is 22.8 Å². The van der Waals surface area contributed by atoms with Crippen LogP contribution in [0, 0.1) is 0 Å². The molecule has 0 N–H and O–H groups in total. The molecule has 1 unspecified atom stereocenters. The number of halogens is 3. The zero-order valence-electron chi connectivity index (χ0n) is 16.0. The molecule has 0 amide bonds. The van der Waals surface area contributed by atoms with Gasteiger partial charge >= 0.3 is 0 Å². The number of rotatable bonds is 6. The molecule has 0 spiro atoms. The van der Waals surface area contributed by atoms with Crippen molar-refractivity contribution in [1.82, 2.24) is 4.90 Å². The highest BCUT2D eigenvalue weighted by Crippen LogP contribution is 2.42. The molecule has 1 aliphatic rings. The lowest BCUT2D eigenvalue weighted by Crippen LogP contribution is -2.46. The van der Waals surface area contributed by atoms with Gasteiger partial charge in [0.05, 0.1) is 5.02 Å². The van der Waals surface area contributed by atoms with Gasteiger partial charge in [0.2, 0.25) is 0 Å². The topological polar surface area (TPSA) is 6.48 Å². The molecule has 146 valence electrons. The minimum atomic E-state index is -1.07. The fraction of sp³-hybridized carbons (Fsp3) is 0.455. The summed E-state index contributed by atoms with van der Waals surface area (Å²) in [5.74, 6) is 0. The summed E-state index contributed by atoms with van der Waals surface area (Å²) >= 11 is 13.1. The molecule has 0 bridgehead atoms. The Kier molecular flexibility index (Phi) is 7.02. The van der Waals surface area contributed by atoms with Crippen molar-refractivity contribution in [3.8, 4) is 11.1 Å². The second kappa shape index (κ2) is 9.27. The Balaban J connectivity index is 2.05. The second-order valence-corrected chi connectivity index (χ2v) is 7.84. The van der Waals surface area contributed by atoms with Crippen LogP contribution >= 0.6 is 23.2 Å². The molecule has 27 heavy (non-hydrogen) atoms. The van der Waals surface area contributed by atoms with E-state index in [0.29, 0.717) is 22.0 Å². The van der Waals surface area contributed by atoms with Gasteiger partial charge in [-0.15, -0.1) is 0 Å². The van der Waals surface area contributed by atoms with Crippen LogP contribution < -0.4 is 4.90 Å². The monoisotopic (exact) mass is 408 g/mol. The summed E-state index contributed by atoms with van der Waals surface area (Å²) in [7, 11) is 0. The first-order valence-corrected chi connectivity index (χ1v) is 10.5. The van der Waals surface area contributed by atoms with Crippen molar-refractivity contribution in [2.75, 3.05) is 37.6 Å². The molecule has 2 nitrogen and oxygen atoms in total. The van der Waals surface area contributed by atoms with Crippen LogP contribution in [-0.4, -0.2) is 37.6 Å². The smallest absolute Gasteiger partial charge is 0.127 e. The number of hydrogen-bond donors (Lipinski definition) is 0. The van der Waals surface area contributed by atoms with E-state index in [9.17, 15) is 4.39 Å². The third-order valence-electron chi connectivity index (χ3n) is 5.31. The number of nitrogens with zero attached hydrogens (tertiary/aromatic N) is 2. The molecule has 0 radical (unpaired) electrons. The lowest BCUT2D eigenvalue weighted by molar-refractivity contribution is 0.271. The van der Waals surface area contributed by atoms with Gasteiger partial charge in [0, 0.05) is 53.6 Å². The molecular weight excluding hydrogens is 382 g/mol. The van der Waals surface area contributed by atoms with Crippen molar-refractivity contribution in [2.24, 2.45) is 0 Å². The van der Waals surface area contributed by atoms with Crippen LogP contribution in [0.15, 0.2) is 36.4 Å². The largest absolute Gasteiger partial charge is 0.369 e. The van der Waals surface area contributed by atoms with Gasteiger partial charge in [-0.2, -0.15) is 0 Å². The first-order valence-electron chi connectivity index (χ1n) is 9.74. The zero-order valence-corrected chi connectivity index (χ0v) is 17.5. The average Bonchev–Trinajstić information content (AvgIpc) is 2.69. The van der Waals surface area contributed by atoms with Crippen molar-refractivity contribution < 1.29 is 4.39 Å². The first-order chi connectivity index (χ1) is 13.0. The summed E-state index contributed by atoms with van der Waals surface area (Å²) in [6, 6.07) is 11.6. The molecule has 5 heteroatoms. The molecule has 0 saturated carbocycles. The first kappa shape index (κ1) is 20.4. The summed E-state index contributed by atoms with van der Waals surface area (Å²) in [6.07, 6.45) is 0.174. The highest BCUT2D eigenvalue weighted by molar-refractivity contribution is 6.37. The van der Waals surface area contributed by atoms with Crippen LogP contribution in [0.5, 0.6) is 0 Å². The summed E-state index contributed by atoms with van der Waals surface area (Å²) in [5, 5.41) is 1.10. The number of likely N-dealkylation sites (N-methyl/N-ethyl adjacent to an activating group) is 1. The molecule has 1 saturated heterocycles. The third kappa shape index (κ3) is 4.59. The Morgan fingerprint density at radius 3 is 2.33 bits per heavy atom. The van der Waals surface area contributed by atoms with Gasteiger partial charge in [0.15, 0.2) is 0 Å². The predicted octanol–water partition coefficient (Wildman–Crippen LogP) is 6.61. The fourth-order valence-corrected chi connectivity index (χ4v) is 4.22. The van der Waals surface area contributed by atoms with Crippen LogP contribution in [0.4, 0.5) is 10.1 Å².